The molecule has 3 heterocycles. The SMILES string of the molecule is Cc1cc2ccc(CC3CCN(C(=O)[C@H]4C[C@@](C)(O)C4)CC3)nc2n1C. The lowest BCUT2D eigenvalue weighted by atomic mass is 9.71. The fourth-order valence-corrected chi connectivity index (χ4v) is 4.57. The Hall–Kier alpha value is -1.88. The van der Waals surface area contributed by atoms with Crippen LogP contribution in [0.1, 0.15) is 44.0 Å². The molecule has 1 amide bonds. The molecule has 2 fully saturated rings. The number of nitrogens with zero attached hydrogens (tertiary/aromatic N) is 3. The van der Waals surface area contributed by atoms with Gasteiger partial charge in [-0.3, -0.25) is 4.79 Å². The number of hydrogen-bond donors (Lipinski definition) is 1. The van der Waals surface area contributed by atoms with Gasteiger partial charge in [0.05, 0.1) is 5.60 Å². The average Bonchev–Trinajstić information content (AvgIpc) is 2.87. The smallest absolute Gasteiger partial charge is 0.225 e. The Morgan fingerprint density at radius 2 is 2.00 bits per heavy atom. The van der Waals surface area contributed by atoms with Crippen LogP contribution in [-0.2, 0) is 18.3 Å². The van der Waals surface area contributed by atoms with Gasteiger partial charge in [0.1, 0.15) is 5.65 Å². The first-order valence-electron chi connectivity index (χ1n) is 9.75. The number of carbonyl (C=O) groups excluding carboxylic acids is 1. The maximum absolute atomic E-state index is 12.5. The first-order chi connectivity index (χ1) is 12.3. The first kappa shape index (κ1) is 17.5. The van der Waals surface area contributed by atoms with Crippen LogP contribution < -0.4 is 0 Å². The van der Waals surface area contributed by atoms with E-state index in [0.29, 0.717) is 18.8 Å². The molecule has 0 bridgehead atoms. The largest absolute Gasteiger partial charge is 0.390 e. The number of pyridine rings is 1. The summed E-state index contributed by atoms with van der Waals surface area (Å²) in [7, 11) is 2.07. The lowest BCUT2D eigenvalue weighted by Crippen LogP contribution is -2.51. The molecule has 1 saturated carbocycles. The summed E-state index contributed by atoms with van der Waals surface area (Å²) in [6.45, 7) is 5.61. The van der Waals surface area contributed by atoms with Crippen LogP contribution in [0.25, 0.3) is 11.0 Å². The molecule has 5 nitrogen and oxygen atoms in total. The van der Waals surface area contributed by atoms with Crippen molar-refractivity contribution in [2.45, 2.75) is 51.6 Å². The molecule has 26 heavy (non-hydrogen) atoms. The molecular formula is C21H29N3O2. The van der Waals surface area contributed by atoms with Gasteiger partial charge >= 0.3 is 0 Å². The quantitative estimate of drug-likeness (QED) is 0.921. The maximum Gasteiger partial charge on any atom is 0.225 e. The zero-order chi connectivity index (χ0) is 18.5. The zero-order valence-corrected chi connectivity index (χ0v) is 16.0. The topological polar surface area (TPSA) is 58.4 Å². The Labute approximate surface area is 155 Å². The summed E-state index contributed by atoms with van der Waals surface area (Å²) in [5, 5.41) is 11.1. The number of carbonyl (C=O) groups is 1. The van der Waals surface area contributed by atoms with Crippen molar-refractivity contribution in [1.82, 2.24) is 14.5 Å². The number of fused-ring (bicyclic) bond motifs is 1. The minimum Gasteiger partial charge on any atom is -0.390 e. The van der Waals surface area contributed by atoms with E-state index in [2.05, 4.69) is 36.7 Å². The van der Waals surface area contributed by atoms with Gasteiger partial charge in [0, 0.05) is 42.8 Å². The number of aliphatic hydroxyl groups is 1. The van der Waals surface area contributed by atoms with Gasteiger partial charge in [-0.15, -0.1) is 0 Å². The number of amides is 1. The van der Waals surface area contributed by atoms with E-state index < -0.39 is 5.60 Å². The Kier molecular flexibility index (Phi) is 4.30. The van der Waals surface area contributed by atoms with Gasteiger partial charge in [0.15, 0.2) is 0 Å². The lowest BCUT2D eigenvalue weighted by molar-refractivity contribution is -0.151. The summed E-state index contributed by atoms with van der Waals surface area (Å²) in [6, 6.07) is 6.50. The van der Waals surface area contributed by atoms with E-state index in [1.54, 1.807) is 0 Å². The number of aryl methyl sites for hydroxylation is 2. The molecule has 1 saturated heterocycles. The molecule has 2 aromatic rings. The van der Waals surface area contributed by atoms with E-state index in [9.17, 15) is 9.90 Å². The second-order valence-electron chi connectivity index (χ2n) is 8.64. The van der Waals surface area contributed by atoms with Crippen LogP contribution in [0.15, 0.2) is 18.2 Å². The third-order valence-corrected chi connectivity index (χ3v) is 6.32. The summed E-state index contributed by atoms with van der Waals surface area (Å²) >= 11 is 0. The van der Waals surface area contributed by atoms with Crippen LogP contribution in [0.2, 0.25) is 0 Å². The van der Waals surface area contributed by atoms with Crippen LogP contribution in [0, 0.1) is 18.8 Å². The Morgan fingerprint density at radius 3 is 2.65 bits per heavy atom. The Morgan fingerprint density at radius 1 is 1.31 bits per heavy atom. The zero-order valence-electron chi connectivity index (χ0n) is 16.0. The van der Waals surface area contributed by atoms with E-state index >= 15 is 0 Å². The number of piperidine rings is 1. The molecule has 0 radical (unpaired) electrons. The third-order valence-electron chi connectivity index (χ3n) is 6.32. The maximum atomic E-state index is 12.5. The van der Waals surface area contributed by atoms with Crippen molar-refractivity contribution in [3.05, 3.63) is 29.6 Å². The van der Waals surface area contributed by atoms with E-state index in [4.69, 9.17) is 4.98 Å². The molecule has 0 aromatic carbocycles. The second-order valence-corrected chi connectivity index (χ2v) is 8.64. The molecule has 1 aliphatic heterocycles. The van der Waals surface area contributed by atoms with Crippen LogP contribution in [0.5, 0.6) is 0 Å². The van der Waals surface area contributed by atoms with Crippen molar-refractivity contribution in [3.63, 3.8) is 0 Å². The molecule has 1 aliphatic carbocycles. The Balaban J connectivity index is 1.34. The highest BCUT2D eigenvalue weighted by atomic mass is 16.3. The number of rotatable bonds is 3. The lowest BCUT2D eigenvalue weighted by Gasteiger charge is -2.43. The van der Waals surface area contributed by atoms with E-state index in [0.717, 1.165) is 43.7 Å². The van der Waals surface area contributed by atoms with Gasteiger partial charge in [-0.05, 0) is 70.1 Å². The van der Waals surface area contributed by atoms with Crippen LogP contribution >= 0.6 is 0 Å². The van der Waals surface area contributed by atoms with Gasteiger partial charge in [-0.1, -0.05) is 0 Å². The molecule has 2 aromatic heterocycles. The van der Waals surface area contributed by atoms with Gasteiger partial charge in [-0.25, -0.2) is 4.98 Å². The molecule has 0 spiro atoms. The molecule has 4 rings (SSSR count). The van der Waals surface area contributed by atoms with E-state index in [1.807, 2.05) is 11.8 Å². The van der Waals surface area contributed by atoms with Crippen molar-refractivity contribution in [2.24, 2.45) is 18.9 Å². The van der Waals surface area contributed by atoms with Crippen molar-refractivity contribution in [1.29, 1.82) is 0 Å². The van der Waals surface area contributed by atoms with Crippen LogP contribution in [-0.4, -0.2) is 44.2 Å². The van der Waals surface area contributed by atoms with Gasteiger partial charge in [0.25, 0.3) is 0 Å². The van der Waals surface area contributed by atoms with Crippen molar-refractivity contribution < 1.29 is 9.90 Å². The van der Waals surface area contributed by atoms with Gasteiger partial charge in [-0.2, -0.15) is 0 Å². The summed E-state index contributed by atoms with van der Waals surface area (Å²) in [6.07, 6.45) is 4.30. The molecule has 2 aliphatic rings. The summed E-state index contributed by atoms with van der Waals surface area (Å²) in [5.74, 6) is 0.870. The molecule has 1 N–H and O–H groups in total. The molecular weight excluding hydrogens is 326 g/mol. The van der Waals surface area contributed by atoms with Crippen molar-refractivity contribution in [2.75, 3.05) is 13.1 Å². The van der Waals surface area contributed by atoms with Gasteiger partial charge < -0.3 is 14.6 Å². The summed E-state index contributed by atoms with van der Waals surface area (Å²) in [4.78, 5) is 19.4. The van der Waals surface area contributed by atoms with E-state index in [1.165, 1.54) is 11.1 Å². The van der Waals surface area contributed by atoms with Crippen molar-refractivity contribution >= 4 is 16.9 Å². The highest BCUT2D eigenvalue weighted by Gasteiger charge is 2.44. The fourth-order valence-electron chi connectivity index (χ4n) is 4.57. The van der Waals surface area contributed by atoms with Gasteiger partial charge in [0.2, 0.25) is 5.91 Å². The predicted molar refractivity (Wildman–Crippen MR) is 102 cm³/mol. The molecule has 0 unspecified atom stereocenters. The average molecular weight is 355 g/mol. The fraction of sp³-hybridized carbons (Fsp3) is 0.619. The van der Waals surface area contributed by atoms with E-state index in [-0.39, 0.29) is 11.8 Å². The second kappa shape index (κ2) is 6.38. The predicted octanol–water partition coefficient (Wildman–Crippen LogP) is 2.82. The first-order valence-corrected chi connectivity index (χ1v) is 9.75. The number of aromatic nitrogens is 2. The standard InChI is InChI=1S/C21H29N3O2/c1-14-10-16-4-5-18(22-19(16)23(14)3)11-15-6-8-24(9-7-15)20(25)17-12-21(2,26)13-17/h4-5,10,15,17,26H,6-9,11-13H2,1-3H3/t17-,21+. The minimum absolute atomic E-state index is 0.0335. The van der Waals surface area contributed by atoms with Crippen LogP contribution in [0.4, 0.5) is 0 Å². The highest BCUT2D eigenvalue weighted by molar-refractivity contribution is 5.80. The molecule has 0 atom stereocenters. The minimum atomic E-state index is -0.627. The normalized spacial score (nSPS) is 26.9. The third kappa shape index (κ3) is 3.25. The number of likely N-dealkylation sites (tertiary alicyclic amines) is 1. The highest BCUT2D eigenvalue weighted by Crippen LogP contribution is 2.39. The number of hydrogen-bond acceptors (Lipinski definition) is 3. The summed E-state index contributed by atoms with van der Waals surface area (Å²) < 4.78 is 2.15. The summed E-state index contributed by atoms with van der Waals surface area (Å²) in [5.41, 5.74) is 2.81. The van der Waals surface area contributed by atoms with Crippen molar-refractivity contribution in [3.8, 4) is 0 Å². The molecule has 140 valence electrons. The Bertz CT molecular complexity index is 823. The monoisotopic (exact) mass is 355 g/mol. The molecule has 5 heteroatoms. The van der Waals surface area contributed by atoms with Crippen LogP contribution in [0.3, 0.4) is 0 Å².